The summed E-state index contributed by atoms with van der Waals surface area (Å²) in [7, 11) is 0. The Morgan fingerprint density at radius 1 is 0.617 bits per heavy atom. The Morgan fingerprint density at radius 2 is 1.33 bits per heavy atom. The number of imidazole rings is 1. The molecule has 60 heavy (non-hydrogen) atoms. The Labute approximate surface area is 364 Å². The van der Waals surface area contributed by atoms with E-state index in [2.05, 4.69) is 161 Å². The molecule has 0 atom stereocenters. The van der Waals surface area contributed by atoms with Crippen LogP contribution in [0.4, 0.5) is 0 Å². The molecule has 0 saturated carbocycles. The summed E-state index contributed by atoms with van der Waals surface area (Å²) < 4.78 is 8.80. The van der Waals surface area contributed by atoms with Crippen LogP contribution in [0.2, 0.25) is 0 Å². The quantitative estimate of drug-likeness (QED) is 0.175. The van der Waals surface area contributed by atoms with Gasteiger partial charge in [0.1, 0.15) is 22.7 Å². The number of aromatic hydroxyl groups is 1. The zero-order valence-electron chi connectivity index (χ0n) is 34.4. The van der Waals surface area contributed by atoms with Gasteiger partial charge in [-0.15, -0.1) is 29.3 Å². The molecule has 0 fully saturated rings. The van der Waals surface area contributed by atoms with Crippen molar-refractivity contribution >= 4 is 43.7 Å². The standard InChI is InChI=1S/C54H44N3O2.Pt/c1-53(2,3)37-24-26-44(43(32-37)33-15-8-7-9-16-33)57-45-21-14-20-39(50(45)56-52(57)41-19-12-13-22-46(41)58)35-29-36(31-38(30-35)54(4,5)6)49-48-42-25-23-34-17-10-11-18-40(34)51(42)59-47(48)27-28-55-49;/h7-28,30-32,58H,1-6H3;/q-1;. The van der Waals surface area contributed by atoms with Gasteiger partial charge in [0.25, 0.3) is 0 Å². The second kappa shape index (κ2) is 14.8. The summed E-state index contributed by atoms with van der Waals surface area (Å²) in [6.45, 7) is 13.4. The second-order valence-corrected chi connectivity index (χ2v) is 17.6. The van der Waals surface area contributed by atoms with Crippen LogP contribution < -0.4 is 0 Å². The minimum Gasteiger partial charge on any atom is -0.507 e. The van der Waals surface area contributed by atoms with E-state index in [9.17, 15) is 5.11 Å². The van der Waals surface area contributed by atoms with Crippen molar-refractivity contribution in [1.82, 2.24) is 14.5 Å². The van der Waals surface area contributed by atoms with Crippen LogP contribution in [-0.4, -0.2) is 19.6 Å². The van der Waals surface area contributed by atoms with Gasteiger partial charge in [0.2, 0.25) is 0 Å². The van der Waals surface area contributed by atoms with Gasteiger partial charge in [-0.25, -0.2) is 4.98 Å². The Morgan fingerprint density at radius 3 is 2.12 bits per heavy atom. The maximum absolute atomic E-state index is 11.4. The zero-order valence-corrected chi connectivity index (χ0v) is 36.7. The van der Waals surface area contributed by atoms with Crippen LogP contribution in [-0.2, 0) is 31.9 Å². The number of phenolic OH excluding ortho intramolecular Hbond substituents is 1. The molecule has 3 aromatic heterocycles. The van der Waals surface area contributed by atoms with Crippen molar-refractivity contribution in [2.24, 2.45) is 0 Å². The van der Waals surface area contributed by atoms with Gasteiger partial charge in [0, 0.05) is 54.7 Å². The number of furan rings is 1. The predicted octanol–water partition coefficient (Wildman–Crippen LogP) is 14.2. The van der Waals surface area contributed by atoms with Gasteiger partial charge >= 0.3 is 0 Å². The third kappa shape index (κ3) is 6.62. The van der Waals surface area contributed by atoms with Gasteiger partial charge in [-0.2, -0.15) is 0 Å². The number of hydrogen-bond acceptors (Lipinski definition) is 4. The molecule has 3 heterocycles. The molecule has 6 heteroatoms. The molecule has 0 spiro atoms. The first-order valence-electron chi connectivity index (χ1n) is 20.2. The number of benzene rings is 7. The summed E-state index contributed by atoms with van der Waals surface area (Å²) in [6, 6.07) is 54.0. The first kappa shape index (κ1) is 39.2. The van der Waals surface area contributed by atoms with Crippen molar-refractivity contribution in [3.05, 3.63) is 169 Å². The van der Waals surface area contributed by atoms with Crippen LogP contribution in [0, 0.1) is 6.07 Å². The first-order chi connectivity index (χ1) is 28.4. The number of fused-ring (bicyclic) bond motifs is 6. The van der Waals surface area contributed by atoms with Gasteiger partial charge in [0.15, 0.2) is 0 Å². The summed E-state index contributed by atoms with van der Waals surface area (Å²) in [5, 5.41) is 15.6. The fraction of sp³-hybridized carbons (Fsp3) is 0.148. The van der Waals surface area contributed by atoms with Gasteiger partial charge < -0.3 is 9.52 Å². The van der Waals surface area contributed by atoms with E-state index < -0.39 is 0 Å². The van der Waals surface area contributed by atoms with Gasteiger partial charge in [-0.1, -0.05) is 150 Å². The van der Waals surface area contributed by atoms with E-state index in [-0.39, 0.29) is 37.6 Å². The fourth-order valence-corrected chi connectivity index (χ4v) is 8.38. The van der Waals surface area contributed by atoms with Crippen LogP contribution in [0.5, 0.6) is 5.75 Å². The average molecular weight is 962 g/mol. The molecule has 298 valence electrons. The molecule has 5 nitrogen and oxygen atoms in total. The number of nitrogens with zero attached hydrogens (tertiary/aromatic N) is 3. The number of hydrogen-bond donors (Lipinski definition) is 1. The van der Waals surface area contributed by atoms with Crippen molar-refractivity contribution in [2.45, 2.75) is 52.4 Å². The molecule has 0 saturated heterocycles. The van der Waals surface area contributed by atoms with Crippen molar-refractivity contribution < 1.29 is 30.6 Å². The molecule has 10 aromatic rings. The van der Waals surface area contributed by atoms with Crippen LogP contribution in [0.1, 0.15) is 52.7 Å². The molecule has 7 aromatic carbocycles. The van der Waals surface area contributed by atoms with Gasteiger partial charge in [-0.3, -0.25) is 9.55 Å². The third-order valence-electron chi connectivity index (χ3n) is 11.6. The van der Waals surface area contributed by atoms with Crippen LogP contribution in [0.3, 0.4) is 0 Å². The Bertz CT molecular complexity index is 3250. The monoisotopic (exact) mass is 961 g/mol. The third-order valence-corrected chi connectivity index (χ3v) is 11.6. The number of rotatable bonds is 5. The molecular weight excluding hydrogens is 918 g/mol. The molecule has 0 aliphatic heterocycles. The topological polar surface area (TPSA) is 64.1 Å². The minimum absolute atomic E-state index is 0. The van der Waals surface area contributed by atoms with Gasteiger partial charge in [0.05, 0.1) is 22.3 Å². The van der Waals surface area contributed by atoms with E-state index in [4.69, 9.17) is 14.4 Å². The van der Waals surface area contributed by atoms with Crippen LogP contribution >= 0.6 is 0 Å². The molecule has 10 rings (SSSR count). The van der Waals surface area contributed by atoms with Gasteiger partial charge in [-0.05, 0) is 63.7 Å². The molecule has 1 N–H and O–H groups in total. The van der Waals surface area contributed by atoms with Crippen LogP contribution in [0.15, 0.2) is 156 Å². The Kier molecular flexibility index (Phi) is 9.64. The number of pyridine rings is 1. The fourth-order valence-electron chi connectivity index (χ4n) is 8.38. The van der Waals surface area contributed by atoms with E-state index >= 15 is 0 Å². The van der Waals surface area contributed by atoms with E-state index in [1.165, 1.54) is 5.56 Å². The van der Waals surface area contributed by atoms with E-state index in [0.29, 0.717) is 11.4 Å². The maximum atomic E-state index is 11.4. The van der Waals surface area contributed by atoms with E-state index in [1.54, 1.807) is 6.07 Å². The molecule has 0 radical (unpaired) electrons. The Hall–Kier alpha value is -6.29. The maximum Gasteiger partial charge on any atom is 0.148 e. The largest absolute Gasteiger partial charge is 0.507 e. The van der Waals surface area contributed by atoms with E-state index in [1.807, 2.05) is 36.5 Å². The summed E-state index contributed by atoms with van der Waals surface area (Å²) >= 11 is 0. The number of aromatic nitrogens is 3. The SMILES string of the molecule is CC(C)(C)c1cc(-c2cccc3c2nc(-c2ccccc2O)n3-c2ccc(C(C)(C)C)cc2-c2ccccc2)[c-]c(-c2nccc3oc4c5ccccc5ccc4c23)c1.[Pt]. The van der Waals surface area contributed by atoms with Crippen molar-refractivity contribution in [1.29, 1.82) is 0 Å². The Balaban J connectivity index is 0.00000462. The average Bonchev–Trinajstić information content (AvgIpc) is 3.82. The molecule has 0 unspecified atom stereocenters. The zero-order chi connectivity index (χ0) is 40.6. The molecule has 0 bridgehead atoms. The number of para-hydroxylation sites is 2. The van der Waals surface area contributed by atoms with E-state index in [0.717, 1.165) is 88.5 Å². The molecular formula is C54H44N3O2Pt-. The summed E-state index contributed by atoms with van der Waals surface area (Å²) in [5.74, 6) is 0.822. The molecule has 0 amide bonds. The van der Waals surface area contributed by atoms with Crippen molar-refractivity contribution in [2.75, 3.05) is 0 Å². The summed E-state index contributed by atoms with van der Waals surface area (Å²) in [5.41, 5.74) is 12.9. The summed E-state index contributed by atoms with van der Waals surface area (Å²) in [6.07, 6.45) is 1.83. The number of phenols is 1. The smallest absolute Gasteiger partial charge is 0.148 e. The molecule has 0 aliphatic carbocycles. The van der Waals surface area contributed by atoms with Crippen molar-refractivity contribution in [3.8, 4) is 56.3 Å². The first-order valence-corrected chi connectivity index (χ1v) is 20.2. The van der Waals surface area contributed by atoms with Crippen molar-refractivity contribution in [3.63, 3.8) is 0 Å². The molecule has 0 aliphatic rings. The normalized spacial score (nSPS) is 12.1. The van der Waals surface area contributed by atoms with Crippen LogP contribution in [0.25, 0.3) is 94.3 Å². The minimum atomic E-state index is -0.186. The second-order valence-electron chi connectivity index (χ2n) is 17.6. The predicted molar refractivity (Wildman–Crippen MR) is 243 cm³/mol. The summed E-state index contributed by atoms with van der Waals surface area (Å²) in [4.78, 5) is 10.5.